The van der Waals surface area contributed by atoms with E-state index in [1.807, 2.05) is 0 Å². The van der Waals surface area contributed by atoms with Crippen molar-refractivity contribution in [3.8, 4) is 5.75 Å². The number of sulfonamides is 1. The molecular weight excluding hydrogens is 688 g/mol. The lowest BCUT2D eigenvalue weighted by atomic mass is 10.1. The fourth-order valence-electron chi connectivity index (χ4n) is 5.21. The Morgan fingerprint density at radius 3 is 2.40 bits per heavy atom. The molecule has 0 spiro atoms. The van der Waals surface area contributed by atoms with E-state index in [0.717, 1.165) is 46.1 Å². The number of methoxy groups -OCH3 is 1. The Bertz CT molecular complexity index is 1680. The maximum absolute atomic E-state index is 14.2. The number of carbonyl (C=O) groups is 2. The molecule has 3 aromatic rings. The number of hydrogen-bond donors (Lipinski definition) is 1. The highest BCUT2D eigenvalue weighted by Gasteiger charge is 2.35. The van der Waals surface area contributed by atoms with E-state index in [4.69, 9.17) is 16.3 Å². The molecule has 0 radical (unpaired) electrons. The fourth-order valence-corrected chi connectivity index (χ4v) is 7.07. The highest BCUT2D eigenvalue weighted by atomic mass is 79.9. The monoisotopic (exact) mass is 720 g/mol. The molecule has 1 aliphatic rings. The van der Waals surface area contributed by atoms with Crippen LogP contribution in [-0.2, 0) is 26.2 Å². The molecule has 0 aliphatic heterocycles. The molecule has 240 valence electrons. The Morgan fingerprint density at radius 2 is 1.78 bits per heavy atom. The lowest BCUT2D eigenvalue weighted by Crippen LogP contribution is -2.52. The maximum atomic E-state index is 14.2. The number of halogens is 2. The van der Waals surface area contributed by atoms with Crippen LogP contribution in [0.15, 0.2) is 70.0 Å². The Morgan fingerprint density at radius 1 is 1.11 bits per heavy atom. The van der Waals surface area contributed by atoms with E-state index < -0.39 is 44.0 Å². The third-order valence-electron chi connectivity index (χ3n) is 7.79. The third-order valence-corrected chi connectivity index (χ3v) is 10.3. The molecule has 2 amide bonds. The number of nitro groups is 1. The topological polar surface area (TPSA) is 139 Å². The van der Waals surface area contributed by atoms with E-state index in [1.165, 1.54) is 49.3 Å². The minimum Gasteiger partial charge on any atom is -0.495 e. The van der Waals surface area contributed by atoms with Gasteiger partial charge in [-0.25, -0.2) is 8.42 Å². The molecule has 1 saturated carbocycles. The SMILES string of the molecule is COc1ccc(Cl)cc1N(CC(=O)N(Cc1ccc(Br)cc1)[C@H](C)C(=O)NC1CCCC1)S(=O)(=O)c1ccc(C)c([N+](=O)[O-])c1. The van der Waals surface area contributed by atoms with Crippen molar-refractivity contribution >= 4 is 60.7 Å². The van der Waals surface area contributed by atoms with Crippen LogP contribution in [0, 0.1) is 17.0 Å². The first-order valence-corrected chi connectivity index (χ1v) is 16.9. The lowest BCUT2D eigenvalue weighted by molar-refractivity contribution is -0.385. The van der Waals surface area contributed by atoms with Crippen molar-refractivity contribution in [2.45, 2.75) is 63.1 Å². The second-order valence-electron chi connectivity index (χ2n) is 10.8. The average Bonchev–Trinajstić information content (AvgIpc) is 3.52. The van der Waals surface area contributed by atoms with E-state index in [9.17, 15) is 28.1 Å². The van der Waals surface area contributed by atoms with Crippen molar-refractivity contribution < 1.29 is 27.7 Å². The molecule has 0 unspecified atom stereocenters. The van der Waals surface area contributed by atoms with E-state index in [2.05, 4.69) is 21.2 Å². The minimum absolute atomic E-state index is 0.00880. The van der Waals surface area contributed by atoms with E-state index in [0.29, 0.717) is 0 Å². The van der Waals surface area contributed by atoms with Crippen LogP contribution in [0.3, 0.4) is 0 Å². The summed E-state index contributed by atoms with van der Waals surface area (Å²) in [7, 11) is -3.27. The number of nitrogens with zero attached hydrogens (tertiary/aromatic N) is 3. The Labute approximate surface area is 275 Å². The van der Waals surface area contributed by atoms with Gasteiger partial charge in [-0.15, -0.1) is 0 Å². The zero-order valence-electron chi connectivity index (χ0n) is 25.0. The smallest absolute Gasteiger partial charge is 0.273 e. The molecule has 0 bridgehead atoms. The summed E-state index contributed by atoms with van der Waals surface area (Å²) in [5.41, 5.74) is 0.545. The normalized spacial score (nSPS) is 14.1. The summed E-state index contributed by atoms with van der Waals surface area (Å²) in [6.45, 7) is 2.36. The first-order chi connectivity index (χ1) is 21.3. The molecule has 1 atom stereocenters. The number of hydrogen-bond acceptors (Lipinski definition) is 7. The van der Waals surface area contributed by atoms with Gasteiger partial charge in [-0.05, 0) is 68.7 Å². The van der Waals surface area contributed by atoms with Crippen LogP contribution in [0.1, 0.15) is 43.7 Å². The lowest BCUT2D eigenvalue weighted by Gasteiger charge is -2.33. The van der Waals surface area contributed by atoms with Gasteiger partial charge in [0.2, 0.25) is 11.8 Å². The summed E-state index contributed by atoms with van der Waals surface area (Å²) in [6, 6.07) is 14.1. The number of carbonyl (C=O) groups excluding carboxylic acids is 2. The third kappa shape index (κ3) is 8.13. The van der Waals surface area contributed by atoms with Gasteiger partial charge in [-0.3, -0.25) is 24.0 Å². The number of rotatable bonds is 12. The van der Waals surface area contributed by atoms with Gasteiger partial charge in [0.15, 0.2) is 0 Å². The predicted molar refractivity (Wildman–Crippen MR) is 175 cm³/mol. The number of ether oxygens (including phenoxy) is 1. The van der Waals surface area contributed by atoms with Gasteiger partial charge in [-0.2, -0.15) is 0 Å². The highest BCUT2D eigenvalue weighted by molar-refractivity contribution is 9.10. The number of nitrogens with one attached hydrogen (secondary N) is 1. The van der Waals surface area contributed by atoms with Crippen LogP contribution in [0.5, 0.6) is 5.75 Å². The van der Waals surface area contributed by atoms with Crippen LogP contribution in [0.2, 0.25) is 5.02 Å². The maximum Gasteiger partial charge on any atom is 0.273 e. The van der Waals surface area contributed by atoms with Crippen molar-refractivity contribution in [3.63, 3.8) is 0 Å². The molecule has 4 rings (SSSR count). The molecule has 1 N–H and O–H groups in total. The molecule has 1 fully saturated rings. The van der Waals surface area contributed by atoms with Gasteiger partial charge < -0.3 is 15.0 Å². The van der Waals surface area contributed by atoms with Crippen molar-refractivity contribution in [3.05, 3.63) is 91.4 Å². The Hall–Kier alpha value is -3.68. The van der Waals surface area contributed by atoms with Crippen LogP contribution in [0.25, 0.3) is 0 Å². The van der Waals surface area contributed by atoms with Crippen LogP contribution < -0.4 is 14.4 Å². The number of anilines is 1. The van der Waals surface area contributed by atoms with Gasteiger partial charge in [-0.1, -0.05) is 58.6 Å². The summed E-state index contributed by atoms with van der Waals surface area (Å²) >= 11 is 9.67. The summed E-state index contributed by atoms with van der Waals surface area (Å²) in [5.74, 6) is -0.931. The van der Waals surface area contributed by atoms with Gasteiger partial charge in [0.25, 0.3) is 15.7 Å². The average molecular weight is 722 g/mol. The first kappa shape index (κ1) is 34.2. The minimum atomic E-state index is -4.61. The first-order valence-electron chi connectivity index (χ1n) is 14.3. The zero-order valence-corrected chi connectivity index (χ0v) is 28.2. The number of nitro benzene ring substituents is 1. The van der Waals surface area contributed by atoms with Crippen molar-refractivity contribution in [2.24, 2.45) is 0 Å². The van der Waals surface area contributed by atoms with Gasteiger partial charge in [0, 0.05) is 33.7 Å². The largest absolute Gasteiger partial charge is 0.495 e. The molecule has 1 aliphatic carbocycles. The van der Waals surface area contributed by atoms with Crippen LogP contribution in [-0.4, -0.2) is 55.8 Å². The molecule has 0 heterocycles. The fraction of sp³-hybridized carbons (Fsp3) is 0.355. The summed E-state index contributed by atoms with van der Waals surface area (Å²) in [5, 5.41) is 14.9. The summed E-state index contributed by atoms with van der Waals surface area (Å²) < 4.78 is 35.5. The van der Waals surface area contributed by atoms with E-state index in [1.54, 1.807) is 31.2 Å². The van der Waals surface area contributed by atoms with Crippen LogP contribution >= 0.6 is 27.5 Å². The van der Waals surface area contributed by atoms with Crippen molar-refractivity contribution in [2.75, 3.05) is 18.0 Å². The predicted octanol–water partition coefficient (Wildman–Crippen LogP) is 6.00. The van der Waals surface area contributed by atoms with Crippen LogP contribution in [0.4, 0.5) is 11.4 Å². The van der Waals surface area contributed by atoms with Gasteiger partial charge in [0.05, 0.1) is 22.6 Å². The molecule has 11 nitrogen and oxygen atoms in total. The van der Waals surface area contributed by atoms with Gasteiger partial charge in [0.1, 0.15) is 18.3 Å². The number of aryl methyl sites for hydroxylation is 1. The van der Waals surface area contributed by atoms with E-state index >= 15 is 0 Å². The molecule has 45 heavy (non-hydrogen) atoms. The zero-order chi connectivity index (χ0) is 32.9. The van der Waals surface area contributed by atoms with E-state index in [-0.39, 0.29) is 40.5 Å². The van der Waals surface area contributed by atoms with Crippen molar-refractivity contribution in [1.82, 2.24) is 10.2 Å². The Kier molecular flexibility index (Phi) is 11.1. The molecule has 0 saturated heterocycles. The highest BCUT2D eigenvalue weighted by Crippen LogP contribution is 2.36. The summed E-state index contributed by atoms with van der Waals surface area (Å²) in [4.78, 5) is 39.5. The second-order valence-corrected chi connectivity index (χ2v) is 14.1. The summed E-state index contributed by atoms with van der Waals surface area (Å²) in [6.07, 6.45) is 3.71. The standard InChI is InChI=1S/C31H34BrClN4O7S/c1-20-8-14-26(17-27(20)37(40)41)45(42,43)36(28-16-24(33)13-15-29(28)44-3)19-30(38)35(18-22-9-11-23(32)12-10-22)21(2)31(39)34-25-6-4-5-7-25/h8-17,21,25H,4-7,18-19H2,1-3H3,(H,34,39)/t21-/m1/s1. The molecule has 3 aromatic carbocycles. The Balaban J connectivity index is 1.78. The number of benzene rings is 3. The van der Waals surface area contributed by atoms with Gasteiger partial charge >= 0.3 is 0 Å². The number of amides is 2. The molecule has 0 aromatic heterocycles. The second kappa shape index (κ2) is 14.6. The molecule has 14 heteroatoms. The molecular formula is C31H34BrClN4O7S. The van der Waals surface area contributed by atoms with Crippen molar-refractivity contribution in [1.29, 1.82) is 0 Å². The quantitative estimate of drug-likeness (QED) is 0.179.